The van der Waals surface area contributed by atoms with Gasteiger partial charge < -0.3 is 0 Å². The molecule has 0 aliphatic heterocycles. The highest BCUT2D eigenvalue weighted by molar-refractivity contribution is 6.09. The van der Waals surface area contributed by atoms with E-state index < -0.39 is 0 Å². The van der Waals surface area contributed by atoms with E-state index in [0.29, 0.717) is 0 Å². The minimum absolute atomic E-state index is 0.165. The summed E-state index contributed by atoms with van der Waals surface area (Å²) >= 11 is 0. The average molecular weight is 387 g/mol. The number of rotatable bonds is 2. The highest BCUT2D eigenvalue weighted by Gasteiger charge is 2.15. The highest BCUT2D eigenvalue weighted by Crippen LogP contribution is 2.38. The van der Waals surface area contributed by atoms with Gasteiger partial charge in [-0.25, -0.2) is 0 Å². The predicted molar refractivity (Wildman–Crippen MR) is 131 cm³/mol. The summed E-state index contributed by atoms with van der Waals surface area (Å²) in [6.45, 7) is 6.78. The summed E-state index contributed by atoms with van der Waals surface area (Å²) in [5.74, 6) is 0. The largest absolute Gasteiger partial charge is 0.0616 e. The molecule has 0 bridgehead atoms. The standard InChI is InChI=1S/C30H26/c1-30(2,3)23-17-15-22(16-18-23)25-19-20-29(28-13-7-6-12-26(25)28)27-14-8-10-21-9-4-5-11-24(21)27/h4-20H,1-3H3. The van der Waals surface area contributed by atoms with E-state index in [1.807, 2.05) is 0 Å². The average Bonchev–Trinajstić information content (AvgIpc) is 2.77. The minimum Gasteiger partial charge on any atom is -0.0616 e. The van der Waals surface area contributed by atoms with Crippen LogP contribution in [0.3, 0.4) is 0 Å². The van der Waals surface area contributed by atoms with Crippen LogP contribution in [0.4, 0.5) is 0 Å². The molecule has 0 unspecified atom stereocenters. The van der Waals surface area contributed by atoms with E-state index in [0.717, 1.165) is 0 Å². The Morgan fingerprint density at radius 3 is 1.67 bits per heavy atom. The Kier molecular flexibility index (Phi) is 4.44. The molecule has 5 aromatic rings. The predicted octanol–water partition coefficient (Wildman–Crippen LogP) is 8.62. The van der Waals surface area contributed by atoms with Gasteiger partial charge in [0.2, 0.25) is 0 Å². The molecule has 0 amide bonds. The zero-order valence-electron chi connectivity index (χ0n) is 17.8. The molecular formula is C30H26. The zero-order chi connectivity index (χ0) is 20.7. The second-order valence-corrected chi connectivity index (χ2v) is 9.06. The van der Waals surface area contributed by atoms with Gasteiger partial charge in [-0.3, -0.25) is 0 Å². The fraction of sp³-hybridized carbons (Fsp3) is 0.133. The first-order chi connectivity index (χ1) is 14.5. The van der Waals surface area contributed by atoms with Crippen molar-refractivity contribution in [1.29, 1.82) is 0 Å². The molecule has 0 spiro atoms. The van der Waals surface area contributed by atoms with Crippen LogP contribution in [-0.4, -0.2) is 0 Å². The topological polar surface area (TPSA) is 0 Å². The van der Waals surface area contributed by atoms with Crippen molar-refractivity contribution in [3.63, 3.8) is 0 Å². The third kappa shape index (κ3) is 3.19. The number of hydrogen-bond donors (Lipinski definition) is 0. The molecule has 0 N–H and O–H groups in total. The van der Waals surface area contributed by atoms with Crippen LogP contribution in [0.5, 0.6) is 0 Å². The van der Waals surface area contributed by atoms with Crippen molar-refractivity contribution in [2.24, 2.45) is 0 Å². The maximum Gasteiger partial charge on any atom is -0.00987 e. The van der Waals surface area contributed by atoms with Crippen molar-refractivity contribution < 1.29 is 0 Å². The van der Waals surface area contributed by atoms with E-state index in [1.165, 1.54) is 49.4 Å². The number of hydrogen-bond acceptors (Lipinski definition) is 0. The van der Waals surface area contributed by atoms with Gasteiger partial charge >= 0.3 is 0 Å². The third-order valence-corrected chi connectivity index (χ3v) is 6.07. The summed E-state index contributed by atoms with van der Waals surface area (Å²) in [6.07, 6.45) is 0. The lowest BCUT2D eigenvalue weighted by atomic mass is 9.85. The van der Waals surface area contributed by atoms with E-state index in [2.05, 4.69) is 124 Å². The minimum atomic E-state index is 0.165. The zero-order valence-corrected chi connectivity index (χ0v) is 17.8. The molecular weight excluding hydrogens is 360 g/mol. The molecule has 146 valence electrons. The van der Waals surface area contributed by atoms with Crippen molar-refractivity contribution in [1.82, 2.24) is 0 Å². The molecule has 0 saturated carbocycles. The van der Waals surface area contributed by atoms with Crippen molar-refractivity contribution in [3.8, 4) is 22.3 Å². The molecule has 0 radical (unpaired) electrons. The maximum absolute atomic E-state index is 2.29. The Morgan fingerprint density at radius 2 is 0.967 bits per heavy atom. The molecule has 5 aromatic carbocycles. The SMILES string of the molecule is CC(C)(C)c1ccc(-c2ccc(-c3cccc4ccccc34)c3ccccc23)cc1. The van der Waals surface area contributed by atoms with Crippen molar-refractivity contribution >= 4 is 21.5 Å². The summed E-state index contributed by atoms with van der Waals surface area (Å²) < 4.78 is 0. The lowest BCUT2D eigenvalue weighted by Crippen LogP contribution is -2.10. The Morgan fingerprint density at radius 1 is 0.433 bits per heavy atom. The molecule has 0 heterocycles. The van der Waals surface area contributed by atoms with Gasteiger partial charge in [0.15, 0.2) is 0 Å². The molecule has 0 fully saturated rings. The fourth-order valence-electron chi connectivity index (χ4n) is 4.40. The molecule has 0 saturated heterocycles. The van der Waals surface area contributed by atoms with Crippen LogP contribution in [0.1, 0.15) is 26.3 Å². The van der Waals surface area contributed by atoms with Gasteiger partial charge in [-0.15, -0.1) is 0 Å². The van der Waals surface area contributed by atoms with Crippen LogP contribution in [0.15, 0.2) is 103 Å². The summed E-state index contributed by atoms with van der Waals surface area (Å²) in [5, 5.41) is 5.17. The van der Waals surface area contributed by atoms with E-state index in [1.54, 1.807) is 0 Å². The normalized spacial score (nSPS) is 11.8. The second kappa shape index (κ2) is 7.15. The van der Waals surface area contributed by atoms with Gasteiger partial charge in [-0.05, 0) is 54.8 Å². The Hall–Kier alpha value is -3.38. The molecule has 0 nitrogen and oxygen atoms in total. The highest BCUT2D eigenvalue weighted by atomic mass is 14.2. The first-order valence-corrected chi connectivity index (χ1v) is 10.6. The van der Waals surface area contributed by atoms with E-state index in [4.69, 9.17) is 0 Å². The molecule has 0 atom stereocenters. The smallest absolute Gasteiger partial charge is 0.00987 e. The Balaban J connectivity index is 1.71. The Labute approximate surface area is 178 Å². The van der Waals surface area contributed by atoms with Crippen molar-refractivity contribution in [2.45, 2.75) is 26.2 Å². The summed E-state index contributed by atoms with van der Waals surface area (Å²) in [5.41, 5.74) is 6.66. The third-order valence-electron chi connectivity index (χ3n) is 6.07. The van der Waals surface area contributed by atoms with Gasteiger partial charge in [0, 0.05) is 0 Å². The maximum atomic E-state index is 2.29. The van der Waals surface area contributed by atoms with Crippen LogP contribution >= 0.6 is 0 Å². The quantitative estimate of drug-likeness (QED) is 0.285. The summed E-state index contributed by atoms with van der Waals surface area (Å²) in [4.78, 5) is 0. The molecule has 5 rings (SSSR count). The molecule has 0 aliphatic carbocycles. The van der Waals surface area contributed by atoms with Gasteiger partial charge in [0.25, 0.3) is 0 Å². The van der Waals surface area contributed by atoms with Gasteiger partial charge in [-0.1, -0.05) is 124 Å². The van der Waals surface area contributed by atoms with E-state index >= 15 is 0 Å². The summed E-state index contributed by atoms with van der Waals surface area (Å²) in [7, 11) is 0. The van der Waals surface area contributed by atoms with Crippen LogP contribution in [0.2, 0.25) is 0 Å². The Bertz CT molecular complexity index is 1340. The number of fused-ring (bicyclic) bond motifs is 2. The van der Waals surface area contributed by atoms with Gasteiger partial charge in [0.05, 0.1) is 0 Å². The summed E-state index contributed by atoms with van der Waals surface area (Å²) in [6, 6.07) is 37.6. The van der Waals surface area contributed by atoms with Gasteiger partial charge in [0.1, 0.15) is 0 Å². The molecule has 30 heavy (non-hydrogen) atoms. The van der Waals surface area contributed by atoms with Gasteiger partial charge in [-0.2, -0.15) is 0 Å². The van der Waals surface area contributed by atoms with Crippen LogP contribution < -0.4 is 0 Å². The molecule has 0 aromatic heterocycles. The van der Waals surface area contributed by atoms with Crippen LogP contribution in [0, 0.1) is 0 Å². The lowest BCUT2D eigenvalue weighted by Gasteiger charge is -2.19. The first-order valence-electron chi connectivity index (χ1n) is 10.6. The van der Waals surface area contributed by atoms with E-state index in [-0.39, 0.29) is 5.41 Å². The fourth-order valence-corrected chi connectivity index (χ4v) is 4.40. The molecule has 0 heteroatoms. The van der Waals surface area contributed by atoms with Crippen LogP contribution in [0.25, 0.3) is 43.8 Å². The van der Waals surface area contributed by atoms with Crippen molar-refractivity contribution in [2.75, 3.05) is 0 Å². The monoisotopic (exact) mass is 386 g/mol. The lowest BCUT2D eigenvalue weighted by molar-refractivity contribution is 0.590. The van der Waals surface area contributed by atoms with Crippen molar-refractivity contribution in [3.05, 3.63) is 109 Å². The number of benzene rings is 5. The first kappa shape index (κ1) is 18.6. The molecule has 0 aliphatic rings. The second-order valence-electron chi connectivity index (χ2n) is 9.06. The van der Waals surface area contributed by atoms with Crippen LogP contribution in [-0.2, 0) is 5.41 Å². The van der Waals surface area contributed by atoms with E-state index in [9.17, 15) is 0 Å².